The highest BCUT2D eigenvalue weighted by molar-refractivity contribution is 5.73. The van der Waals surface area contributed by atoms with Gasteiger partial charge in [-0.25, -0.2) is 4.79 Å². The quantitative estimate of drug-likeness (QED) is 0.408. The highest BCUT2D eigenvalue weighted by atomic mass is 16.6. The minimum Gasteiger partial charge on any atom is -0.337 e. The Labute approximate surface area is 110 Å². The lowest BCUT2D eigenvalue weighted by Crippen LogP contribution is -2.31. The Bertz CT molecular complexity index is 515. The van der Waals surface area contributed by atoms with Crippen molar-refractivity contribution in [3.05, 3.63) is 22.7 Å². The first kappa shape index (κ1) is 13.7. The molecule has 19 heavy (non-hydrogen) atoms. The van der Waals surface area contributed by atoms with Gasteiger partial charge < -0.3 is 15.3 Å². The zero-order valence-corrected chi connectivity index (χ0v) is 10.8. The summed E-state index contributed by atoms with van der Waals surface area (Å²) < 4.78 is 6.94. The Morgan fingerprint density at radius 1 is 1.68 bits per heavy atom. The van der Waals surface area contributed by atoms with Crippen molar-refractivity contribution in [1.82, 2.24) is 15.0 Å². The van der Waals surface area contributed by atoms with Crippen LogP contribution in [0.15, 0.2) is 22.1 Å². The van der Waals surface area contributed by atoms with E-state index < -0.39 is 18.1 Å². The summed E-state index contributed by atoms with van der Waals surface area (Å²) in [5.74, 6) is 0.523. The lowest BCUT2D eigenvalue weighted by Gasteiger charge is -2.17. The van der Waals surface area contributed by atoms with Crippen molar-refractivity contribution in [2.75, 3.05) is 12.4 Å². The van der Waals surface area contributed by atoms with Gasteiger partial charge in [-0.05, 0) is 12.5 Å². The summed E-state index contributed by atoms with van der Waals surface area (Å²) in [6, 6.07) is 1.67. The van der Waals surface area contributed by atoms with Crippen LogP contribution in [-0.4, -0.2) is 34.4 Å². The summed E-state index contributed by atoms with van der Waals surface area (Å²) >= 11 is 0. The Morgan fingerprint density at radius 2 is 2.47 bits per heavy atom. The van der Waals surface area contributed by atoms with Gasteiger partial charge in [0.15, 0.2) is 0 Å². The predicted molar refractivity (Wildman–Crippen MR) is 69.1 cm³/mol. The maximum absolute atomic E-state index is 11.9. The summed E-state index contributed by atoms with van der Waals surface area (Å²) in [4.78, 5) is 19.6. The molecule has 2 rings (SSSR count). The van der Waals surface area contributed by atoms with Gasteiger partial charge >= 0.3 is 5.69 Å². The fourth-order valence-electron chi connectivity index (χ4n) is 2.05. The molecule has 0 aromatic carbocycles. The molecule has 2 heterocycles. The van der Waals surface area contributed by atoms with Gasteiger partial charge in [0, 0.05) is 19.2 Å². The van der Waals surface area contributed by atoms with Crippen LogP contribution in [0.1, 0.15) is 19.6 Å². The summed E-state index contributed by atoms with van der Waals surface area (Å²) in [6.07, 6.45) is 2.79. The van der Waals surface area contributed by atoms with Crippen molar-refractivity contribution in [1.29, 1.82) is 0 Å². The summed E-state index contributed by atoms with van der Waals surface area (Å²) in [5, 5.41) is 11.6. The number of aliphatic imine (C=N–C) groups is 1. The van der Waals surface area contributed by atoms with Gasteiger partial charge in [-0.1, -0.05) is 6.92 Å². The lowest BCUT2D eigenvalue weighted by atomic mass is 10.1. The van der Waals surface area contributed by atoms with Gasteiger partial charge in [-0.2, -0.15) is 10.5 Å². The number of hydrogen-bond donors (Lipinski definition) is 3. The van der Waals surface area contributed by atoms with E-state index in [1.165, 1.54) is 10.9 Å². The molecule has 8 nitrogen and oxygen atoms in total. The van der Waals surface area contributed by atoms with Crippen LogP contribution in [0.25, 0.3) is 0 Å². The number of hydrogen-bond acceptors (Lipinski definition) is 6. The van der Waals surface area contributed by atoms with Crippen LogP contribution in [0.5, 0.6) is 0 Å². The molecule has 8 heteroatoms. The van der Waals surface area contributed by atoms with E-state index in [2.05, 4.69) is 20.8 Å². The predicted octanol–water partition coefficient (Wildman–Crippen LogP) is 0.173. The van der Waals surface area contributed by atoms with Crippen LogP contribution in [0.4, 0.5) is 5.82 Å². The van der Waals surface area contributed by atoms with Gasteiger partial charge in [-0.15, -0.1) is 0 Å². The minimum absolute atomic E-state index is 0.0974. The van der Waals surface area contributed by atoms with E-state index in [0.717, 1.165) is 0 Å². The first-order chi connectivity index (χ1) is 9.15. The number of rotatable bonds is 4. The van der Waals surface area contributed by atoms with Gasteiger partial charge in [0.1, 0.15) is 18.3 Å². The van der Waals surface area contributed by atoms with Crippen LogP contribution >= 0.6 is 0 Å². The van der Waals surface area contributed by atoms with Crippen molar-refractivity contribution in [2.24, 2.45) is 10.9 Å². The molecule has 1 aliphatic rings. The second kappa shape index (κ2) is 5.91. The molecule has 3 atom stereocenters. The lowest BCUT2D eigenvalue weighted by molar-refractivity contribution is -0.0771. The minimum atomic E-state index is -0.461. The van der Waals surface area contributed by atoms with E-state index in [1.807, 2.05) is 6.92 Å². The molecule has 1 aliphatic heterocycles. The van der Waals surface area contributed by atoms with Crippen molar-refractivity contribution >= 4 is 12.2 Å². The van der Waals surface area contributed by atoms with Gasteiger partial charge in [0.25, 0.3) is 0 Å². The van der Waals surface area contributed by atoms with E-state index in [0.29, 0.717) is 12.2 Å². The molecule has 0 radical (unpaired) electrons. The van der Waals surface area contributed by atoms with E-state index >= 15 is 0 Å². The first-order valence-corrected chi connectivity index (χ1v) is 5.97. The molecule has 0 unspecified atom stereocenters. The molecule has 0 saturated carbocycles. The molecule has 104 valence electrons. The van der Waals surface area contributed by atoms with Crippen LogP contribution < -0.4 is 16.5 Å². The number of hydroxylamine groups is 1. The van der Waals surface area contributed by atoms with Crippen LogP contribution in [0.3, 0.4) is 0 Å². The summed E-state index contributed by atoms with van der Waals surface area (Å²) in [5.41, 5.74) is 1.65. The normalized spacial score (nSPS) is 27.0. The second-order valence-corrected chi connectivity index (χ2v) is 4.39. The fraction of sp³-hybridized carbons (Fsp3) is 0.545. The van der Waals surface area contributed by atoms with Crippen LogP contribution in [0, 0.1) is 5.92 Å². The highest BCUT2D eigenvalue weighted by Crippen LogP contribution is 2.31. The zero-order chi connectivity index (χ0) is 13.8. The van der Waals surface area contributed by atoms with E-state index in [4.69, 9.17) is 9.94 Å². The second-order valence-electron chi connectivity index (χ2n) is 4.39. The van der Waals surface area contributed by atoms with Gasteiger partial charge in [0.05, 0.1) is 6.34 Å². The van der Waals surface area contributed by atoms with Crippen LogP contribution in [-0.2, 0) is 4.74 Å². The standard InChI is InChI=1S/C11H17N5O3/c1-7-5-9(15-18)19-10(7)16-4-3-8(13-6-12-2)14-11(16)17/h3-4,6-7,9-10,15,18H,5H2,1-2H3,(H,12,13,14,17)/t7-,9-,10+/m0/s1. The highest BCUT2D eigenvalue weighted by Gasteiger charge is 2.33. The molecule has 1 saturated heterocycles. The topological polar surface area (TPSA) is 101 Å². The SMILES string of the molecule is CN=CNc1ccn([C@@H]2O[C@H](NO)C[C@@H]2C)c(=O)n1. The first-order valence-electron chi connectivity index (χ1n) is 5.97. The third-order valence-electron chi connectivity index (χ3n) is 2.97. The molecular weight excluding hydrogens is 250 g/mol. The Balaban J connectivity index is 2.19. The number of nitrogens with one attached hydrogen (secondary N) is 2. The third kappa shape index (κ3) is 2.98. The molecule has 3 N–H and O–H groups in total. The monoisotopic (exact) mass is 267 g/mol. The molecule has 0 bridgehead atoms. The van der Waals surface area contributed by atoms with E-state index in [1.54, 1.807) is 19.3 Å². The molecule has 1 fully saturated rings. The van der Waals surface area contributed by atoms with Crippen LogP contribution in [0.2, 0.25) is 0 Å². The van der Waals surface area contributed by atoms with Crippen molar-refractivity contribution in [3.8, 4) is 0 Å². The fourth-order valence-corrected chi connectivity index (χ4v) is 2.05. The number of anilines is 1. The Kier molecular flexibility index (Phi) is 4.25. The molecular formula is C11H17N5O3. The Hall–Kier alpha value is -1.77. The third-order valence-corrected chi connectivity index (χ3v) is 2.97. The zero-order valence-electron chi connectivity index (χ0n) is 10.8. The van der Waals surface area contributed by atoms with Crippen molar-refractivity contribution < 1.29 is 9.94 Å². The summed E-state index contributed by atoms with van der Waals surface area (Å²) in [7, 11) is 1.62. The maximum atomic E-state index is 11.9. The maximum Gasteiger partial charge on any atom is 0.351 e. The van der Waals surface area contributed by atoms with E-state index in [-0.39, 0.29) is 5.92 Å². The number of aromatic nitrogens is 2. The van der Waals surface area contributed by atoms with Gasteiger partial charge in [0.2, 0.25) is 0 Å². The average Bonchev–Trinajstić information content (AvgIpc) is 2.78. The molecule has 0 spiro atoms. The molecule has 0 aliphatic carbocycles. The van der Waals surface area contributed by atoms with Crippen molar-refractivity contribution in [2.45, 2.75) is 25.8 Å². The smallest absolute Gasteiger partial charge is 0.337 e. The van der Waals surface area contributed by atoms with Crippen molar-refractivity contribution in [3.63, 3.8) is 0 Å². The largest absolute Gasteiger partial charge is 0.351 e. The van der Waals surface area contributed by atoms with Gasteiger partial charge in [-0.3, -0.25) is 9.56 Å². The molecule has 0 amide bonds. The number of ether oxygens (including phenoxy) is 1. The summed E-state index contributed by atoms with van der Waals surface area (Å²) in [6.45, 7) is 1.95. The Morgan fingerprint density at radius 3 is 3.05 bits per heavy atom. The average molecular weight is 267 g/mol. The number of nitrogens with zero attached hydrogens (tertiary/aromatic N) is 3. The molecule has 1 aromatic rings. The molecule has 1 aromatic heterocycles. The van der Waals surface area contributed by atoms with E-state index in [9.17, 15) is 4.79 Å².